The zero-order valence-corrected chi connectivity index (χ0v) is 6.30. The van der Waals surface area contributed by atoms with Crippen LogP contribution in [0.25, 0.3) is 0 Å². The third-order valence-electron chi connectivity index (χ3n) is 1.80. The second-order valence-corrected chi connectivity index (χ2v) is 2.43. The summed E-state index contributed by atoms with van der Waals surface area (Å²) in [5.74, 6) is 0. The molecule has 0 fully saturated rings. The maximum atomic E-state index is 5.53. The third kappa shape index (κ3) is 1.39. The van der Waals surface area contributed by atoms with Gasteiger partial charge in [-0.1, -0.05) is 13.0 Å². The van der Waals surface area contributed by atoms with E-state index in [0.717, 1.165) is 6.42 Å². The highest BCUT2D eigenvalue weighted by Gasteiger charge is 2.09. The largest absolute Gasteiger partial charge is 0.384 e. The standard InChI is InChI=1S/C8H14N2/c1-2-8-7(6-9)4-3-5-10-8/h3-5,8,10H,2,6,9H2,1H3. The highest BCUT2D eigenvalue weighted by atomic mass is 14.9. The van der Waals surface area contributed by atoms with Crippen LogP contribution in [0.1, 0.15) is 13.3 Å². The normalized spacial score (nSPS) is 23.8. The molecule has 0 aromatic rings. The van der Waals surface area contributed by atoms with Crippen molar-refractivity contribution in [3.05, 3.63) is 23.9 Å². The molecule has 0 amide bonds. The molecule has 0 bridgehead atoms. The van der Waals surface area contributed by atoms with Crippen molar-refractivity contribution in [1.29, 1.82) is 0 Å². The van der Waals surface area contributed by atoms with E-state index < -0.39 is 0 Å². The summed E-state index contributed by atoms with van der Waals surface area (Å²) in [4.78, 5) is 0. The molecule has 0 radical (unpaired) electrons. The van der Waals surface area contributed by atoms with Crippen LogP contribution in [0.15, 0.2) is 23.9 Å². The first kappa shape index (κ1) is 7.35. The third-order valence-corrected chi connectivity index (χ3v) is 1.80. The average molecular weight is 138 g/mol. The van der Waals surface area contributed by atoms with Gasteiger partial charge in [-0.15, -0.1) is 0 Å². The summed E-state index contributed by atoms with van der Waals surface area (Å²) in [6.45, 7) is 2.82. The Morgan fingerprint density at radius 2 is 2.50 bits per heavy atom. The molecule has 2 nitrogen and oxygen atoms in total. The summed E-state index contributed by atoms with van der Waals surface area (Å²) in [6.07, 6.45) is 7.15. The first-order valence-corrected chi connectivity index (χ1v) is 3.70. The molecule has 0 saturated carbocycles. The summed E-state index contributed by atoms with van der Waals surface area (Å²) in [7, 11) is 0. The van der Waals surface area contributed by atoms with Crippen molar-refractivity contribution in [2.75, 3.05) is 6.54 Å². The van der Waals surface area contributed by atoms with E-state index in [9.17, 15) is 0 Å². The first-order chi connectivity index (χ1) is 4.88. The molecule has 3 N–H and O–H groups in total. The molecule has 1 atom stereocenters. The summed E-state index contributed by atoms with van der Waals surface area (Å²) in [5.41, 5.74) is 6.82. The summed E-state index contributed by atoms with van der Waals surface area (Å²) >= 11 is 0. The van der Waals surface area contributed by atoms with Gasteiger partial charge in [0.15, 0.2) is 0 Å². The lowest BCUT2D eigenvalue weighted by atomic mass is 10.0. The van der Waals surface area contributed by atoms with Gasteiger partial charge in [0.25, 0.3) is 0 Å². The number of nitrogens with one attached hydrogen (secondary N) is 1. The van der Waals surface area contributed by atoms with Crippen molar-refractivity contribution in [3.63, 3.8) is 0 Å². The molecule has 10 heavy (non-hydrogen) atoms. The molecule has 0 aliphatic carbocycles. The van der Waals surface area contributed by atoms with E-state index in [-0.39, 0.29) is 0 Å². The van der Waals surface area contributed by atoms with Crippen molar-refractivity contribution in [3.8, 4) is 0 Å². The van der Waals surface area contributed by atoms with Crippen LogP contribution in [0.5, 0.6) is 0 Å². The van der Waals surface area contributed by atoms with E-state index in [1.165, 1.54) is 5.57 Å². The van der Waals surface area contributed by atoms with Gasteiger partial charge in [-0.3, -0.25) is 0 Å². The van der Waals surface area contributed by atoms with E-state index >= 15 is 0 Å². The summed E-state index contributed by atoms with van der Waals surface area (Å²) in [5, 5.41) is 3.24. The van der Waals surface area contributed by atoms with E-state index in [1.807, 2.05) is 12.3 Å². The van der Waals surface area contributed by atoms with Crippen LogP contribution in [-0.2, 0) is 0 Å². The highest BCUT2D eigenvalue weighted by Crippen LogP contribution is 2.08. The van der Waals surface area contributed by atoms with Gasteiger partial charge in [-0.2, -0.15) is 0 Å². The first-order valence-electron chi connectivity index (χ1n) is 3.70. The molecule has 0 spiro atoms. The van der Waals surface area contributed by atoms with Gasteiger partial charge in [-0.05, 0) is 24.3 Å². The van der Waals surface area contributed by atoms with Crippen LogP contribution in [0.2, 0.25) is 0 Å². The zero-order valence-electron chi connectivity index (χ0n) is 6.30. The Bertz CT molecular complexity index is 159. The maximum Gasteiger partial charge on any atom is 0.0480 e. The minimum atomic E-state index is 0.468. The molecule has 0 aromatic heterocycles. The van der Waals surface area contributed by atoms with Gasteiger partial charge >= 0.3 is 0 Å². The molecule has 1 unspecified atom stereocenters. The average Bonchev–Trinajstić information content (AvgIpc) is 2.04. The number of allylic oxidation sites excluding steroid dienone is 2. The molecular weight excluding hydrogens is 124 g/mol. The lowest BCUT2D eigenvalue weighted by Crippen LogP contribution is -2.31. The van der Waals surface area contributed by atoms with Crippen molar-refractivity contribution in [2.45, 2.75) is 19.4 Å². The summed E-state index contributed by atoms with van der Waals surface area (Å²) < 4.78 is 0. The van der Waals surface area contributed by atoms with Gasteiger partial charge in [0.05, 0.1) is 0 Å². The highest BCUT2D eigenvalue weighted by molar-refractivity contribution is 5.23. The van der Waals surface area contributed by atoms with Gasteiger partial charge < -0.3 is 11.1 Å². The predicted molar refractivity (Wildman–Crippen MR) is 43.5 cm³/mol. The number of nitrogens with two attached hydrogens (primary N) is 1. The Morgan fingerprint density at radius 1 is 1.70 bits per heavy atom. The van der Waals surface area contributed by atoms with Gasteiger partial charge in [0, 0.05) is 12.6 Å². The smallest absolute Gasteiger partial charge is 0.0480 e. The van der Waals surface area contributed by atoms with Crippen molar-refractivity contribution >= 4 is 0 Å². The second kappa shape index (κ2) is 3.42. The van der Waals surface area contributed by atoms with Gasteiger partial charge in [0.2, 0.25) is 0 Å². The number of hydrogen-bond acceptors (Lipinski definition) is 2. The molecule has 1 aliphatic rings. The van der Waals surface area contributed by atoms with E-state index in [4.69, 9.17) is 5.73 Å². The number of hydrogen-bond donors (Lipinski definition) is 2. The predicted octanol–water partition coefficient (Wildman–Crippen LogP) is 0.767. The molecule has 2 heteroatoms. The fourth-order valence-electron chi connectivity index (χ4n) is 1.16. The van der Waals surface area contributed by atoms with Crippen LogP contribution in [-0.4, -0.2) is 12.6 Å². The Labute approximate surface area is 61.8 Å². The molecule has 56 valence electrons. The minimum Gasteiger partial charge on any atom is -0.384 e. The molecule has 1 rings (SSSR count). The second-order valence-electron chi connectivity index (χ2n) is 2.43. The monoisotopic (exact) mass is 138 g/mol. The Hall–Kier alpha value is -0.760. The lowest BCUT2D eigenvalue weighted by Gasteiger charge is -2.20. The minimum absolute atomic E-state index is 0.468. The zero-order chi connectivity index (χ0) is 7.40. The van der Waals surface area contributed by atoms with Crippen LogP contribution in [0.4, 0.5) is 0 Å². The molecular formula is C8H14N2. The van der Waals surface area contributed by atoms with Crippen LogP contribution >= 0.6 is 0 Å². The fourth-order valence-corrected chi connectivity index (χ4v) is 1.16. The number of rotatable bonds is 2. The van der Waals surface area contributed by atoms with Gasteiger partial charge in [-0.25, -0.2) is 0 Å². The van der Waals surface area contributed by atoms with Crippen LogP contribution in [0.3, 0.4) is 0 Å². The molecule has 1 aliphatic heterocycles. The van der Waals surface area contributed by atoms with Gasteiger partial charge in [0.1, 0.15) is 0 Å². The van der Waals surface area contributed by atoms with Crippen molar-refractivity contribution in [2.24, 2.45) is 5.73 Å². The van der Waals surface area contributed by atoms with E-state index in [0.29, 0.717) is 12.6 Å². The van der Waals surface area contributed by atoms with E-state index in [1.54, 1.807) is 0 Å². The van der Waals surface area contributed by atoms with Crippen molar-refractivity contribution in [1.82, 2.24) is 5.32 Å². The quantitative estimate of drug-likeness (QED) is 0.591. The fraction of sp³-hybridized carbons (Fsp3) is 0.500. The lowest BCUT2D eigenvalue weighted by molar-refractivity contribution is 0.626. The Morgan fingerprint density at radius 3 is 3.00 bits per heavy atom. The maximum absolute atomic E-state index is 5.53. The summed E-state index contributed by atoms with van der Waals surface area (Å²) in [6, 6.07) is 0.468. The van der Waals surface area contributed by atoms with Crippen LogP contribution in [0, 0.1) is 0 Å². The molecule has 1 heterocycles. The Kier molecular flexibility index (Phi) is 2.51. The van der Waals surface area contributed by atoms with Crippen molar-refractivity contribution < 1.29 is 0 Å². The topological polar surface area (TPSA) is 38.0 Å². The van der Waals surface area contributed by atoms with E-state index in [2.05, 4.69) is 18.3 Å². The molecule has 0 aromatic carbocycles. The molecule has 0 saturated heterocycles. The SMILES string of the molecule is CCC1NC=CC=C1CN. The number of dihydropyridines is 1. The Balaban J connectivity index is 2.61. The van der Waals surface area contributed by atoms with Crippen LogP contribution < -0.4 is 11.1 Å².